The Morgan fingerprint density at radius 2 is 2.25 bits per heavy atom. The van der Waals surface area contributed by atoms with Gasteiger partial charge in [-0.25, -0.2) is 0 Å². The molecule has 0 saturated carbocycles. The van der Waals surface area contributed by atoms with Crippen molar-refractivity contribution in [2.24, 2.45) is 0 Å². The molecule has 4 heteroatoms. The molecule has 1 fully saturated rings. The van der Waals surface area contributed by atoms with E-state index in [1.807, 2.05) is 13.8 Å². The van der Waals surface area contributed by atoms with E-state index in [9.17, 15) is 4.79 Å². The molecule has 0 aromatic rings. The molecule has 0 bridgehead atoms. The Morgan fingerprint density at radius 1 is 1.58 bits per heavy atom. The van der Waals surface area contributed by atoms with Gasteiger partial charge < -0.3 is 10.1 Å². The number of hydrogen-bond donors (Lipinski definition) is 0. The van der Waals surface area contributed by atoms with Crippen molar-refractivity contribution in [1.82, 2.24) is 0 Å². The normalized spacial score (nSPS) is 22.1. The Morgan fingerprint density at radius 3 is 2.67 bits per heavy atom. The fraction of sp³-hybridized carbons (Fsp3) is 0.875. The Kier molecular flexibility index (Phi) is 6.33. The summed E-state index contributed by atoms with van der Waals surface area (Å²) < 4.78 is 5.00. The summed E-state index contributed by atoms with van der Waals surface area (Å²) in [4.78, 5) is 11.1. The maximum atomic E-state index is 11.1. The molecule has 67 valence electrons. The molecular formula is C8H14NO2Y-. The van der Waals surface area contributed by atoms with Crippen LogP contribution in [0.4, 0.5) is 0 Å². The third-order valence-corrected chi connectivity index (χ3v) is 1.61. The van der Waals surface area contributed by atoms with E-state index in [4.69, 9.17) is 4.74 Å². The average molecular weight is 245 g/mol. The van der Waals surface area contributed by atoms with E-state index in [-0.39, 0.29) is 50.8 Å². The fourth-order valence-electron chi connectivity index (χ4n) is 1.13. The topological polar surface area (TPSA) is 40.4 Å². The van der Waals surface area contributed by atoms with Crippen LogP contribution in [0.3, 0.4) is 0 Å². The van der Waals surface area contributed by atoms with Crippen LogP contribution >= 0.6 is 0 Å². The molecule has 0 unspecified atom stereocenters. The molecule has 1 heterocycles. The van der Waals surface area contributed by atoms with Gasteiger partial charge in [-0.15, -0.1) is 6.54 Å². The van der Waals surface area contributed by atoms with E-state index in [2.05, 4.69) is 5.32 Å². The smallest absolute Gasteiger partial charge is 0.288 e. The van der Waals surface area contributed by atoms with Crippen molar-refractivity contribution in [2.45, 2.75) is 38.8 Å². The molecule has 12 heavy (non-hydrogen) atoms. The molecule has 1 aliphatic rings. The molecule has 3 nitrogen and oxygen atoms in total. The second kappa shape index (κ2) is 6.06. The van der Waals surface area contributed by atoms with Gasteiger partial charge in [-0.05, 0) is 19.9 Å². The van der Waals surface area contributed by atoms with Crippen molar-refractivity contribution >= 4 is 5.97 Å². The predicted molar refractivity (Wildman–Crippen MR) is 42.5 cm³/mol. The van der Waals surface area contributed by atoms with Crippen LogP contribution in [0.1, 0.15) is 26.7 Å². The van der Waals surface area contributed by atoms with Crippen LogP contribution in [0.25, 0.3) is 5.32 Å². The van der Waals surface area contributed by atoms with Gasteiger partial charge in [0, 0.05) is 32.7 Å². The molecule has 0 aromatic carbocycles. The van der Waals surface area contributed by atoms with E-state index in [1.165, 1.54) is 0 Å². The molecular weight excluding hydrogens is 231 g/mol. The minimum absolute atomic E-state index is 0. The Bertz CT molecular complexity index is 144. The number of ether oxygens (including phenoxy) is 1. The predicted octanol–water partition coefficient (Wildman–Crippen LogP) is 1.47. The maximum Gasteiger partial charge on any atom is 0.288 e. The van der Waals surface area contributed by atoms with Crippen molar-refractivity contribution in [2.75, 3.05) is 6.54 Å². The van der Waals surface area contributed by atoms with Crippen molar-refractivity contribution in [3.05, 3.63) is 5.32 Å². The molecule has 0 aromatic heterocycles. The Labute approximate surface area is 98.5 Å². The second-order valence-corrected chi connectivity index (χ2v) is 3.05. The summed E-state index contributed by atoms with van der Waals surface area (Å²) >= 11 is 0. The molecule has 1 radical (unpaired) electrons. The molecule has 1 saturated heterocycles. The van der Waals surface area contributed by atoms with Gasteiger partial charge >= 0.3 is 0 Å². The summed E-state index contributed by atoms with van der Waals surface area (Å²) in [5.74, 6) is -0.155. The third-order valence-electron chi connectivity index (χ3n) is 1.61. The summed E-state index contributed by atoms with van der Waals surface area (Å²) in [7, 11) is 0. The zero-order valence-electron chi connectivity index (χ0n) is 7.62. The van der Waals surface area contributed by atoms with Crippen LogP contribution in [0.2, 0.25) is 0 Å². The van der Waals surface area contributed by atoms with Gasteiger partial charge in [0.25, 0.3) is 5.97 Å². The quantitative estimate of drug-likeness (QED) is 0.691. The van der Waals surface area contributed by atoms with Crippen LogP contribution in [-0.4, -0.2) is 24.7 Å². The zero-order chi connectivity index (χ0) is 8.27. The largest absolute Gasteiger partial charge is 0.650 e. The molecule has 1 atom stereocenters. The van der Waals surface area contributed by atoms with E-state index < -0.39 is 0 Å². The molecule has 1 rings (SSSR count). The van der Waals surface area contributed by atoms with Crippen LogP contribution in [0, 0.1) is 0 Å². The molecule has 0 spiro atoms. The fourth-order valence-corrected chi connectivity index (χ4v) is 1.13. The van der Waals surface area contributed by atoms with Gasteiger partial charge in [0.2, 0.25) is 0 Å². The van der Waals surface area contributed by atoms with Gasteiger partial charge in [-0.3, -0.25) is 4.79 Å². The number of esters is 1. The molecule has 0 amide bonds. The number of carbonyl (C=O) groups excluding carboxylic acids is 1. The van der Waals surface area contributed by atoms with Crippen LogP contribution in [0.15, 0.2) is 0 Å². The summed E-state index contributed by atoms with van der Waals surface area (Å²) in [5.41, 5.74) is 0. The molecule has 1 aliphatic heterocycles. The zero-order valence-corrected chi connectivity index (χ0v) is 10.5. The monoisotopic (exact) mass is 245 g/mol. The first-order chi connectivity index (χ1) is 5.20. The van der Waals surface area contributed by atoms with Gasteiger partial charge in [-0.1, -0.05) is 12.8 Å². The van der Waals surface area contributed by atoms with Gasteiger partial charge in [-0.2, -0.15) is 0 Å². The average Bonchev–Trinajstić information content (AvgIpc) is 2.35. The summed E-state index contributed by atoms with van der Waals surface area (Å²) in [6.45, 7) is 4.53. The van der Waals surface area contributed by atoms with Gasteiger partial charge in [0.05, 0.1) is 6.10 Å². The summed E-state index contributed by atoms with van der Waals surface area (Å²) in [6, 6.07) is -0.169. The molecule has 0 aliphatic carbocycles. The van der Waals surface area contributed by atoms with Crippen molar-refractivity contribution in [3.63, 3.8) is 0 Å². The minimum atomic E-state index is -0.169. The van der Waals surface area contributed by atoms with E-state index >= 15 is 0 Å². The first kappa shape index (κ1) is 12.5. The first-order valence-electron chi connectivity index (χ1n) is 4.07. The number of carbonyl (C=O) groups is 1. The maximum absolute atomic E-state index is 11.1. The second-order valence-electron chi connectivity index (χ2n) is 3.05. The standard InChI is InChI=1S/C8H14NO2.Y/c1-6(2)11-8(10)7-4-3-5-9-7;/h6-7H,3-5H2,1-2H3;/q-1;/t7-;/m1./s1. The number of nitrogens with zero attached hydrogens (tertiary/aromatic N) is 1. The van der Waals surface area contributed by atoms with E-state index in [0.717, 1.165) is 19.4 Å². The van der Waals surface area contributed by atoms with Gasteiger partial charge in [0.1, 0.15) is 0 Å². The third kappa shape index (κ3) is 3.97. The Balaban J connectivity index is 0.00000121. The Hall–Kier alpha value is 0.534. The van der Waals surface area contributed by atoms with Crippen molar-refractivity contribution in [1.29, 1.82) is 0 Å². The van der Waals surface area contributed by atoms with Crippen molar-refractivity contribution < 1.29 is 42.2 Å². The number of hydrogen-bond acceptors (Lipinski definition) is 2. The van der Waals surface area contributed by atoms with Crippen LogP contribution in [0.5, 0.6) is 0 Å². The van der Waals surface area contributed by atoms with Crippen LogP contribution in [-0.2, 0) is 42.2 Å². The van der Waals surface area contributed by atoms with Gasteiger partial charge in [0.15, 0.2) is 0 Å². The number of rotatable bonds is 2. The first-order valence-corrected chi connectivity index (χ1v) is 4.07. The van der Waals surface area contributed by atoms with Crippen molar-refractivity contribution in [3.8, 4) is 0 Å². The van der Waals surface area contributed by atoms with E-state index in [0.29, 0.717) is 0 Å². The SMILES string of the molecule is CC(C)OC(=O)[C@H]1CCC[N-]1.[Y]. The summed E-state index contributed by atoms with van der Waals surface area (Å²) in [5, 5.41) is 4.11. The summed E-state index contributed by atoms with van der Waals surface area (Å²) in [6.07, 6.45) is 1.88. The van der Waals surface area contributed by atoms with E-state index in [1.54, 1.807) is 0 Å². The minimum Gasteiger partial charge on any atom is -0.650 e. The van der Waals surface area contributed by atoms with Crippen LogP contribution < -0.4 is 0 Å². The molecule has 0 N–H and O–H groups in total.